The number of aromatic nitrogens is 2. The summed E-state index contributed by atoms with van der Waals surface area (Å²) in [4.78, 5) is 22.3. The van der Waals surface area contributed by atoms with E-state index in [2.05, 4.69) is 53.4 Å². The monoisotopic (exact) mass is 456 g/mol. The Labute approximate surface area is 199 Å². The van der Waals surface area contributed by atoms with Gasteiger partial charge in [-0.3, -0.25) is 9.78 Å². The van der Waals surface area contributed by atoms with Crippen LogP contribution in [0.4, 0.5) is 0 Å². The van der Waals surface area contributed by atoms with Crippen molar-refractivity contribution in [3.8, 4) is 0 Å². The van der Waals surface area contributed by atoms with Gasteiger partial charge in [0.25, 0.3) is 5.56 Å². The third-order valence-corrected chi connectivity index (χ3v) is 6.39. The van der Waals surface area contributed by atoms with Crippen LogP contribution in [0.1, 0.15) is 40.8 Å². The number of fused-ring (bicyclic) bond motifs is 1. The Balaban J connectivity index is 1.63. The molecule has 2 aromatic heterocycles. The first-order valence-electron chi connectivity index (χ1n) is 11.0. The molecular formula is C27H28N4OS. The fraction of sp³-hybridized carbons (Fsp3) is 0.222. The first-order chi connectivity index (χ1) is 15.9. The molecule has 0 aliphatic carbocycles. The molecule has 168 valence electrons. The second kappa shape index (κ2) is 9.96. The first-order valence-corrected chi connectivity index (χ1v) is 11.4. The van der Waals surface area contributed by atoms with Gasteiger partial charge in [0.15, 0.2) is 5.11 Å². The second-order valence-electron chi connectivity index (χ2n) is 8.39. The summed E-state index contributed by atoms with van der Waals surface area (Å²) >= 11 is 5.81. The smallest absolute Gasteiger partial charge is 0.253 e. The number of nitrogens with one attached hydrogen (secondary N) is 2. The molecule has 33 heavy (non-hydrogen) atoms. The average Bonchev–Trinajstić information content (AvgIpc) is 2.83. The van der Waals surface area contributed by atoms with Gasteiger partial charge in [0.2, 0.25) is 0 Å². The third kappa shape index (κ3) is 5.29. The van der Waals surface area contributed by atoms with Gasteiger partial charge >= 0.3 is 0 Å². The van der Waals surface area contributed by atoms with Crippen molar-refractivity contribution in [3.63, 3.8) is 0 Å². The van der Waals surface area contributed by atoms with E-state index in [1.807, 2.05) is 54.4 Å². The standard InChI is InChI=1S/C27H28N4OS/c1-18-11-12-23-14-24(26(32)30-25(23)19(18)2)17-31(16-21-8-7-13-28-15-21)27(33)29-20(3)22-9-5-4-6-10-22/h4-15,20H,16-17H2,1-3H3,(H,29,33)(H,30,32)/t20-/m1/s1. The van der Waals surface area contributed by atoms with E-state index in [1.54, 1.807) is 6.20 Å². The Bertz CT molecular complexity index is 1320. The van der Waals surface area contributed by atoms with Crippen LogP contribution >= 0.6 is 12.2 Å². The van der Waals surface area contributed by atoms with E-state index in [-0.39, 0.29) is 11.6 Å². The Morgan fingerprint density at radius 2 is 1.88 bits per heavy atom. The molecule has 0 saturated carbocycles. The lowest BCUT2D eigenvalue weighted by atomic mass is 10.0. The molecule has 0 radical (unpaired) electrons. The van der Waals surface area contributed by atoms with Gasteiger partial charge < -0.3 is 15.2 Å². The molecule has 6 heteroatoms. The number of nitrogens with zero attached hydrogens (tertiary/aromatic N) is 2. The zero-order chi connectivity index (χ0) is 23.4. The summed E-state index contributed by atoms with van der Waals surface area (Å²) in [7, 11) is 0. The van der Waals surface area contributed by atoms with Crippen molar-refractivity contribution in [2.24, 2.45) is 0 Å². The van der Waals surface area contributed by atoms with Gasteiger partial charge in [-0.05, 0) is 72.8 Å². The maximum absolute atomic E-state index is 13.0. The highest BCUT2D eigenvalue weighted by molar-refractivity contribution is 7.80. The number of H-pyrrole nitrogens is 1. The molecule has 0 fully saturated rings. The van der Waals surface area contributed by atoms with Crippen molar-refractivity contribution >= 4 is 28.2 Å². The topological polar surface area (TPSA) is 61.0 Å². The number of hydrogen-bond donors (Lipinski definition) is 2. The van der Waals surface area contributed by atoms with Gasteiger partial charge in [0, 0.05) is 24.5 Å². The van der Waals surface area contributed by atoms with E-state index in [0.717, 1.165) is 33.2 Å². The molecule has 0 unspecified atom stereocenters. The van der Waals surface area contributed by atoms with Crippen molar-refractivity contribution in [1.82, 2.24) is 20.2 Å². The van der Waals surface area contributed by atoms with Crippen molar-refractivity contribution < 1.29 is 0 Å². The summed E-state index contributed by atoms with van der Waals surface area (Å²) in [5.41, 5.74) is 5.90. The molecule has 4 aromatic rings. The average molecular weight is 457 g/mol. The lowest BCUT2D eigenvalue weighted by molar-refractivity contribution is 0.391. The Hall–Kier alpha value is -3.51. The number of aromatic amines is 1. The van der Waals surface area contributed by atoms with E-state index in [9.17, 15) is 4.79 Å². The molecule has 0 aliphatic heterocycles. The minimum absolute atomic E-state index is 0.0376. The van der Waals surface area contributed by atoms with Crippen molar-refractivity contribution in [2.45, 2.75) is 39.9 Å². The molecule has 5 nitrogen and oxygen atoms in total. The molecule has 1 atom stereocenters. The van der Waals surface area contributed by atoms with Gasteiger partial charge in [-0.15, -0.1) is 0 Å². The lowest BCUT2D eigenvalue weighted by Gasteiger charge is -2.28. The van der Waals surface area contributed by atoms with Crippen LogP contribution in [-0.2, 0) is 13.1 Å². The largest absolute Gasteiger partial charge is 0.356 e. The maximum Gasteiger partial charge on any atom is 0.253 e. The van der Waals surface area contributed by atoms with Gasteiger partial charge in [0.1, 0.15) is 0 Å². The molecule has 0 amide bonds. The Kier molecular flexibility index (Phi) is 6.84. The predicted molar refractivity (Wildman–Crippen MR) is 138 cm³/mol. The molecule has 0 aliphatic rings. The van der Waals surface area contributed by atoms with Crippen LogP contribution < -0.4 is 10.9 Å². The van der Waals surface area contributed by atoms with Crippen LogP contribution in [0, 0.1) is 13.8 Å². The van der Waals surface area contributed by atoms with E-state index in [0.29, 0.717) is 23.8 Å². The molecule has 2 heterocycles. The molecule has 0 bridgehead atoms. The van der Waals surface area contributed by atoms with Gasteiger partial charge in [0.05, 0.1) is 18.1 Å². The molecular weight excluding hydrogens is 428 g/mol. The van der Waals surface area contributed by atoms with Crippen molar-refractivity contribution in [1.29, 1.82) is 0 Å². The molecule has 4 rings (SSSR count). The fourth-order valence-electron chi connectivity index (χ4n) is 3.91. The molecule has 2 N–H and O–H groups in total. The first kappa shape index (κ1) is 22.7. The van der Waals surface area contributed by atoms with Crippen LogP contribution in [-0.4, -0.2) is 20.0 Å². The van der Waals surface area contributed by atoms with Gasteiger partial charge in [-0.1, -0.05) is 48.5 Å². The third-order valence-electron chi connectivity index (χ3n) is 6.01. The van der Waals surface area contributed by atoms with Crippen LogP contribution in [0.3, 0.4) is 0 Å². The normalized spacial score (nSPS) is 11.8. The summed E-state index contributed by atoms with van der Waals surface area (Å²) in [5.74, 6) is 0. The van der Waals surface area contributed by atoms with Gasteiger partial charge in [-0.25, -0.2) is 0 Å². The Morgan fingerprint density at radius 1 is 1.09 bits per heavy atom. The quantitative estimate of drug-likeness (QED) is 0.392. The molecule has 0 spiro atoms. The number of pyridine rings is 2. The number of hydrogen-bond acceptors (Lipinski definition) is 3. The molecule has 2 aromatic carbocycles. The highest BCUT2D eigenvalue weighted by Crippen LogP contribution is 2.20. The zero-order valence-electron chi connectivity index (χ0n) is 19.1. The zero-order valence-corrected chi connectivity index (χ0v) is 19.9. The summed E-state index contributed by atoms with van der Waals surface area (Å²) in [6.45, 7) is 7.10. The molecule has 0 saturated heterocycles. The van der Waals surface area contributed by atoms with Crippen LogP contribution in [0.25, 0.3) is 10.9 Å². The fourth-order valence-corrected chi connectivity index (χ4v) is 4.21. The minimum Gasteiger partial charge on any atom is -0.356 e. The van der Waals surface area contributed by atoms with Crippen LogP contribution in [0.5, 0.6) is 0 Å². The maximum atomic E-state index is 13.0. The van der Waals surface area contributed by atoms with Crippen LogP contribution in [0.15, 0.2) is 77.9 Å². The highest BCUT2D eigenvalue weighted by Gasteiger charge is 2.17. The van der Waals surface area contributed by atoms with Crippen molar-refractivity contribution in [2.75, 3.05) is 0 Å². The number of rotatable bonds is 6. The van der Waals surface area contributed by atoms with Gasteiger partial charge in [-0.2, -0.15) is 0 Å². The van der Waals surface area contributed by atoms with E-state index < -0.39 is 0 Å². The summed E-state index contributed by atoms with van der Waals surface area (Å²) in [5, 5.41) is 5.05. The summed E-state index contributed by atoms with van der Waals surface area (Å²) in [6, 6.07) is 20.2. The van der Waals surface area contributed by atoms with E-state index in [4.69, 9.17) is 12.2 Å². The summed E-state index contributed by atoms with van der Waals surface area (Å²) < 4.78 is 0. The van der Waals surface area contributed by atoms with Crippen LogP contribution in [0.2, 0.25) is 0 Å². The predicted octanol–water partition coefficient (Wildman–Crippen LogP) is 5.18. The SMILES string of the molecule is Cc1ccc2cc(CN(Cc3cccnc3)C(=S)N[C@H](C)c3ccccc3)c(=O)[nH]c2c1C. The van der Waals surface area contributed by atoms with E-state index in [1.165, 1.54) is 0 Å². The Morgan fingerprint density at radius 3 is 2.61 bits per heavy atom. The number of benzene rings is 2. The van der Waals surface area contributed by atoms with Crippen molar-refractivity contribution in [3.05, 3.63) is 111 Å². The highest BCUT2D eigenvalue weighted by atomic mass is 32.1. The minimum atomic E-state index is -0.0914. The lowest BCUT2D eigenvalue weighted by Crippen LogP contribution is -2.41. The number of thiocarbonyl (C=S) groups is 1. The van der Waals surface area contributed by atoms with E-state index >= 15 is 0 Å². The second-order valence-corrected chi connectivity index (χ2v) is 8.78. The number of aryl methyl sites for hydroxylation is 2. The summed E-state index contributed by atoms with van der Waals surface area (Å²) in [6.07, 6.45) is 3.58.